The SMILES string of the molecule is Cc1cc(NC(=O)c2cccc(C)c2I)cc(C)c1Br. The summed E-state index contributed by atoms with van der Waals surface area (Å²) in [6, 6.07) is 9.70. The Balaban J connectivity index is 2.30. The Labute approximate surface area is 141 Å². The summed E-state index contributed by atoms with van der Waals surface area (Å²) < 4.78 is 2.08. The molecule has 20 heavy (non-hydrogen) atoms. The average Bonchev–Trinajstić information content (AvgIpc) is 2.39. The van der Waals surface area contributed by atoms with E-state index in [1.54, 1.807) is 0 Å². The predicted octanol–water partition coefficient (Wildman–Crippen LogP) is 5.23. The second kappa shape index (κ2) is 6.26. The van der Waals surface area contributed by atoms with Crippen LogP contribution >= 0.6 is 38.5 Å². The number of rotatable bonds is 2. The van der Waals surface area contributed by atoms with Gasteiger partial charge >= 0.3 is 0 Å². The lowest BCUT2D eigenvalue weighted by molar-refractivity contribution is 0.102. The van der Waals surface area contributed by atoms with Gasteiger partial charge in [-0.2, -0.15) is 0 Å². The Hall–Kier alpha value is -0.880. The number of aryl methyl sites for hydroxylation is 3. The molecule has 0 aliphatic heterocycles. The summed E-state index contributed by atoms with van der Waals surface area (Å²) in [6.07, 6.45) is 0. The van der Waals surface area contributed by atoms with Crippen molar-refractivity contribution in [1.82, 2.24) is 0 Å². The molecule has 0 fully saturated rings. The normalized spacial score (nSPS) is 10.4. The third-order valence-corrected chi connectivity index (χ3v) is 5.81. The third kappa shape index (κ3) is 3.23. The number of hydrogen-bond acceptors (Lipinski definition) is 1. The van der Waals surface area contributed by atoms with Crippen LogP contribution in [0.1, 0.15) is 27.0 Å². The molecule has 1 N–H and O–H groups in total. The molecule has 0 aromatic heterocycles. The van der Waals surface area contributed by atoms with Crippen LogP contribution in [0.4, 0.5) is 5.69 Å². The summed E-state index contributed by atoms with van der Waals surface area (Å²) in [6.45, 7) is 6.04. The monoisotopic (exact) mass is 443 g/mol. The van der Waals surface area contributed by atoms with Crippen LogP contribution in [0, 0.1) is 24.3 Å². The predicted molar refractivity (Wildman–Crippen MR) is 95.5 cm³/mol. The smallest absolute Gasteiger partial charge is 0.256 e. The van der Waals surface area contributed by atoms with Gasteiger partial charge in [0.2, 0.25) is 0 Å². The van der Waals surface area contributed by atoms with Crippen molar-refractivity contribution in [3.05, 3.63) is 60.6 Å². The van der Waals surface area contributed by atoms with E-state index in [2.05, 4.69) is 43.8 Å². The van der Waals surface area contributed by atoms with Crippen LogP contribution in [0.5, 0.6) is 0 Å². The maximum absolute atomic E-state index is 12.4. The van der Waals surface area contributed by atoms with E-state index in [1.807, 2.05) is 51.1 Å². The van der Waals surface area contributed by atoms with Crippen molar-refractivity contribution < 1.29 is 4.79 Å². The molecule has 0 bridgehead atoms. The maximum Gasteiger partial charge on any atom is 0.256 e. The molecule has 2 rings (SSSR count). The molecule has 2 aromatic rings. The van der Waals surface area contributed by atoms with Crippen molar-refractivity contribution in [2.24, 2.45) is 0 Å². The van der Waals surface area contributed by atoms with Crippen molar-refractivity contribution in [2.75, 3.05) is 5.32 Å². The van der Waals surface area contributed by atoms with Gasteiger partial charge in [-0.15, -0.1) is 0 Å². The first-order valence-corrected chi connectivity index (χ1v) is 8.10. The van der Waals surface area contributed by atoms with E-state index >= 15 is 0 Å². The van der Waals surface area contributed by atoms with Gasteiger partial charge in [0.05, 0.1) is 5.56 Å². The third-order valence-electron chi connectivity index (χ3n) is 3.13. The fourth-order valence-electron chi connectivity index (χ4n) is 2.04. The lowest BCUT2D eigenvalue weighted by Gasteiger charge is -2.11. The number of benzene rings is 2. The van der Waals surface area contributed by atoms with Gasteiger partial charge in [0.1, 0.15) is 0 Å². The second-order valence-corrected chi connectivity index (χ2v) is 6.69. The molecule has 0 spiro atoms. The molecule has 104 valence electrons. The Morgan fingerprint density at radius 3 is 2.30 bits per heavy atom. The van der Waals surface area contributed by atoms with E-state index in [9.17, 15) is 4.79 Å². The first kappa shape index (κ1) is 15.5. The lowest BCUT2D eigenvalue weighted by Crippen LogP contribution is -2.14. The molecule has 2 aromatic carbocycles. The van der Waals surface area contributed by atoms with E-state index in [0.717, 1.165) is 30.4 Å². The van der Waals surface area contributed by atoms with Gasteiger partial charge in [0, 0.05) is 13.7 Å². The zero-order valence-corrected chi connectivity index (χ0v) is 15.3. The van der Waals surface area contributed by atoms with E-state index in [0.29, 0.717) is 5.56 Å². The largest absolute Gasteiger partial charge is 0.322 e. The molecule has 0 heterocycles. The number of nitrogens with one attached hydrogen (secondary N) is 1. The Bertz CT molecular complexity index is 659. The number of amides is 1. The standard InChI is InChI=1S/C16H15BrINO/c1-9-5-4-6-13(15(9)18)16(20)19-12-7-10(2)14(17)11(3)8-12/h4-8H,1-3H3,(H,19,20). The number of hydrogen-bond donors (Lipinski definition) is 1. The molecule has 0 unspecified atom stereocenters. The summed E-state index contributed by atoms with van der Waals surface area (Å²) in [5.74, 6) is -0.0702. The minimum atomic E-state index is -0.0702. The van der Waals surface area contributed by atoms with E-state index in [4.69, 9.17) is 0 Å². The van der Waals surface area contributed by atoms with Gasteiger partial charge in [0.25, 0.3) is 5.91 Å². The quantitative estimate of drug-likeness (QED) is 0.632. The van der Waals surface area contributed by atoms with Crippen LogP contribution in [-0.2, 0) is 0 Å². The molecular formula is C16H15BrINO. The van der Waals surface area contributed by atoms with Crippen LogP contribution in [0.2, 0.25) is 0 Å². The summed E-state index contributed by atoms with van der Waals surface area (Å²) in [4.78, 5) is 12.4. The fraction of sp³-hybridized carbons (Fsp3) is 0.188. The zero-order chi connectivity index (χ0) is 14.9. The molecule has 2 nitrogen and oxygen atoms in total. The molecule has 0 atom stereocenters. The number of anilines is 1. The highest BCUT2D eigenvalue weighted by Gasteiger charge is 2.12. The van der Waals surface area contributed by atoms with Gasteiger partial charge < -0.3 is 5.32 Å². The summed E-state index contributed by atoms with van der Waals surface area (Å²) in [5.41, 5.74) is 4.87. The minimum absolute atomic E-state index is 0.0702. The number of carbonyl (C=O) groups excluding carboxylic acids is 1. The maximum atomic E-state index is 12.4. The molecule has 0 aliphatic rings. The van der Waals surface area contributed by atoms with Crippen LogP contribution < -0.4 is 5.32 Å². The highest BCUT2D eigenvalue weighted by molar-refractivity contribution is 14.1. The molecule has 0 saturated carbocycles. The van der Waals surface area contributed by atoms with Gasteiger partial charge in [-0.3, -0.25) is 4.79 Å². The average molecular weight is 444 g/mol. The summed E-state index contributed by atoms with van der Waals surface area (Å²) in [5, 5.41) is 2.97. The Kier molecular flexibility index (Phi) is 4.86. The molecule has 0 radical (unpaired) electrons. The zero-order valence-electron chi connectivity index (χ0n) is 11.6. The molecule has 1 amide bonds. The lowest BCUT2D eigenvalue weighted by atomic mass is 10.1. The first-order valence-electron chi connectivity index (χ1n) is 6.23. The summed E-state index contributed by atoms with van der Waals surface area (Å²) >= 11 is 5.74. The highest BCUT2D eigenvalue weighted by atomic mass is 127. The summed E-state index contributed by atoms with van der Waals surface area (Å²) in [7, 11) is 0. The van der Waals surface area contributed by atoms with Gasteiger partial charge in [-0.05, 0) is 78.3 Å². The first-order chi connectivity index (χ1) is 9.40. The van der Waals surface area contributed by atoms with Crippen LogP contribution in [0.3, 0.4) is 0 Å². The van der Waals surface area contributed by atoms with Crippen molar-refractivity contribution in [3.8, 4) is 0 Å². The van der Waals surface area contributed by atoms with Gasteiger partial charge in [0.15, 0.2) is 0 Å². The van der Waals surface area contributed by atoms with Gasteiger partial charge in [-0.25, -0.2) is 0 Å². The van der Waals surface area contributed by atoms with Crippen LogP contribution in [0.25, 0.3) is 0 Å². The fourth-order valence-corrected chi connectivity index (χ4v) is 2.87. The van der Waals surface area contributed by atoms with E-state index < -0.39 is 0 Å². The highest BCUT2D eigenvalue weighted by Crippen LogP contribution is 2.26. The Morgan fingerprint density at radius 2 is 1.70 bits per heavy atom. The Morgan fingerprint density at radius 1 is 1.10 bits per heavy atom. The number of halogens is 2. The van der Waals surface area contributed by atoms with Crippen molar-refractivity contribution >= 4 is 50.1 Å². The van der Waals surface area contributed by atoms with E-state index in [-0.39, 0.29) is 5.91 Å². The van der Waals surface area contributed by atoms with E-state index in [1.165, 1.54) is 0 Å². The van der Waals surface area contributed by atoms with Gasteiger partial charge in [-0.1, -0.05) is 28.1 Å². The molecular weight excluding hydrogens is 429 g/mol. The second-order valence-electron chi connectivity index (χ2n) is 4.81. The minimum Gasteiger partial charge on any atom is -0.322 e. The topological polar surface area (TPSA) is 29.1 Å². The molecule has 0 aliphatic carbocycles. The number of carbonyl (C=O) groups is 1. The van der Waals surface area contributed by atoms with Crippen molar-refractivity contribution in [3.63, 3.8) is 0 Å². The molecule has 4 heteroatoms. The van der Waals surface area contributed by atoms with Crippen LogP contribution in [-0.4, -0.2) is 5.91 Å². The molecule has 0 saturated heterocycles. The van der Waals surface area contributed by atoms with Crippen molar-refractivity contribution in [2.45, 2.75) is 20.8 Å². The van der Waals surface area contributed by atoms with Crippen molar-refractivity contribution in [1.29, 1.82) is 0 Å². The van der Waals surface area contributed by atoms with Crippen LogP contribution in [0.15, 0.2) is 34.8 Å².